The first-order valence-corrected chi connectivity index (χ1v) is 9.49. The first-order chi connectivity index (χ1) is 12.7. The fraction of sp³-hybridized carbons (Fsp3) is 0.278. The Labute approximate surface area is 158 Å². The molecule has 2 aromatic rings. The van der Waals surface area contributed by atoms with Crippen LogP contribution in [0.4, 0.5) is 0 Å². The van der Waals surface area contributed by atoms with Crippen LogP contribution in [-0.4, -0.2) is 35.7 Å². The smallest absolute Gasteiger partial charge is 0.255 e. The summed E-state index contributed by atoms with van der Waals surface area (Å²) in [5.41, 5.74) is 0.998. The summed E-state index contributed by atoms with van der Waals surface area (Å²) >= 11 is 0. The Kier molecular flexibility index (Phi) is 6.29. The van der Waals surface area contributed by atoms with Crippen molar-refractivity contribution < 1.29 is 27.4 Å². The van der Waals surface area contributed by atoms with Crippen LogP contribution >= 0.6 is 0 Å². The molecule has 3 N–H and O–H groups in total. The van der Waals surface area contributed by atoms with E-state index in [-0.39, 0.29) is 22.4 Å². The zero-order chi connectivity index (χ0) is 20.2. The number of sulfonamides is 1. The van der Waals surface area contributed by atoms with E-state index in [2.05, 4.69) is 5.32 Å². The lowest BCUT2D eigenvalue weighted by molar-refractivity contribution is 0.0936. The van der Waals surface area contributed by atoms with Crippen molar-refractivity contribution in [1.82, 2.24) is 5.32 Å². The van der Waals surface area contributed by atoms with Gasteiger partial charge in [0, 0.05) is 12.1 Å². The topological polar surface area (TPSA) is 117 Å². The third-order valence-corrected chi connectivity index (χ3v) is 4.94. The normalized spacial score (nSPS) is 12.2. The van der Waals surface area contributed by atoms with Gasteiger partial charge in [-0.05, 0) is 24.6 Å². The standard InChI is InChI=1S/C18H22N2O6S/c1-11(12-5-7-13(8-6-12)27(19,22)23)20-18(21)14-9-16(25-3)17(26-4)10-15(14)24-2/h5-11H,1-4H3,(H,20,21)(H2,19,22,23). The molecule has 0 aromatic heterocycles. The Morgan fingerprint density at radius 1 is 0.963 bits per heavy atom. The zero-order valence-corrected chi connectivity index (χ0v) is 16.3. The minimum absolute atomic E-state index is 0.00587. The molecule has 2 aromatic carbocycles. The van der Waals surface area contributed by atoms with Crippen LogP contribution in [0.25, 0.3) is 0 Å². The second-order valence-electron chi connectivity index (χ2n) is 5.72. The highest BCUT2D eigenvalue weighted by Crippen LogP contribution is 2.34. The molecule has 0 bridgehead atoms. The van der Waals surface area contributed by atoms with Gasteiger partial charge in [-0.3, -0.25) is 4.79 Å². The van der Waals surface area contributed by atoms with Crippen LogP contribution in [-0.2, 0) is 10.0 Å². The molecule has 0 fully saturated rings. The summed E-state index contributed by atoms with van der Waals surface area (Å²) in [6, 6.07) is 8.69. The van der Waals surface area contributed by atoms with E-state index in [0.29, 0.717) is 17.2 Å². The summed E-state index contributed by atoms with van der Waals surface area (Å²) in [7, 11) is 0.652. The highest BCUT2D eigenvalue weighted by atomic mass is 32.2. The Hall–Kier alpha value is -2.78. The number of ether oxygens (including phenoxy) is 3. The van der Waals surface area contributed by atoms with Gasteiger partial charge >= 0.3 is 0 Å². The molecule has 27 heavy (non-hydrogen) atoms. The summed E-state index contributed by atoms with van der Waals surface area (Å²) < 4.78 is 38.4. The number of carbonyl (C=O) groups excluding carboxylic acids is 1. The van der Waals surface area contributed by atoms with E-state index in [9.17, 15) is 13.2 Å². The van der Waals surface area contributed by atoms with Crippen molar-refractivity contribution in [3.05, 3.63) is 47.5 Å². The van der Waals surface area contributed by atoms with Gasteiger partial charge in [-0.1, -0.05) is 12.1 Å². The average Bonchev–Trinajstić information content (AvgIpc) is 2.66. The van der Waals surface area contributed by atoms with Crippen molar-refractivity contribution in [2.45, 2.75) is 17.9 Å². The third kappa shape index (κ3) is 4.69. The molecule has 0 radical (unpaired) electrons. The van der Waals surface area contributed by atoms with Crippen molar-refractivity contribution in [2.24, 2.45) is 5.14 Å². The van der Waals surface area contributed by atoms with Crippen LogP contribution in [0.5, 0.6) is 17.2 Å². The highest BCUT2D eigenvalue weighted by Gasteiger charge is 2.20. The van der Waals surface area contributed by atoms with Gasteiger partial charge in [0.1, 0.15) is 5.75 Å². The van der Waals surface area contributed by atoms with E-state index in [4.69, 9.17) is 19.3 Å². The Morgan fingerprint density at radius 2 is 1.48 bits per heavy atom. The van der Waals surface area contributed by atoms with Gasteiger partial charge < -0.3 is 19.5 Å². The van der Waals surface area contributed by atoms with Gasteiger partial charge in [-0.15, -0.1) is 0 Å². The zero-order valence-electron chi connectivity index (χ0n) is 15.5. The summed E-state index contributed by atoms with van der Waals surface area (Å²) in [5.74, 6) is 0.795. The minimum Gasteiger partial charge on any atom is -0.496 e. The second kappa shape index (κ2) is 8.28. The van der Waals surface area contributed by atoms with Crippen LogP contribution in [0.15, 0.2) is 41.3 Å². The summed E-state index contributed by atoms with van der Waals surface area (Å²) in [4.78, 5) is 12.7. The molecule has 0 aliphatic rings. The molecular formula is C18H22N2O6S. The Morgan fingerprint density at radius 3 is 1.96 bits per heavy atom. The SMILES string of the molecule is COc1cc(OC)c(C(=O)NC(C)c2ccc(S(N)(=O)=O)cc2)cc1OC. The summed E-state index contributed by atoms with van der Waals surface area (Å²) in [5, 5.41) is 7.93. The molecule has 0 spiro atoms. The lowest BCUT2D eigenvalue weighted by Crippen LogP contribution is -2.27. The van der Waals surface area contributed by atoms with E-state index in [1.807, 2.05) is 0 Å². The molecule has 0 aliphatic carbocycles. The number of carbonyl (C=O) groups is 1. The fourth-order valence-electron chi connectivity index (χ4n) is 2.51. The highest BCUT2D eigenvalue weighted by molar-refractivity contribution is 7.89. The fourth-order valence-corrected chi connectivity index (χ4v) is 3.03. The van der Waals surface area contributed by atoms with Crippen molar-refractivity contribution in [2.75, 3.05) is 21.3 Å². The van der Waals surface area contributed by atoms with Crippen molar-refractivity contribution in [3.8, 4) is 17.2 Å². The number of hydrogen-bond acceptors (Lipinski definition) is 6. The van der Waals surface area contributed by atoms with Crippen LogP contribution in [0.3, 0.4) is 0 Å². The van der Waals surface area contributed by atoms with Gasteiger partial charge in [0.2, 0.25) is 10.0 Å². The van der Waals surface area contributed by atoms with E-state index in [1.54, 1.807) is 25.1 Å². The van der Waals surface area contributed by atoms with Crippen molar-refractivity contribution >= 4 is 15.9 Å². The largest absolute Gasteiger partial charge is 0.496 e. The average molecular weight is 394 g/mol. The maximum atomic E-state index is 12.7. The molecule has 1 atom stereocenters. The molecule has 0 saturated carbocycles. The van der Waals surface area contributed by atoms with Gasteiger partial charge in [0.25, 0.3) is 5.91 Å². The number of methoxy groups -OCH3 is 3. The molecule has 8 nitrogen and oxygen atoms in total. The van der Waals surface area contributed by atoms with Crippen LogP contribution < -0.4 is 24.7 Å². The predicted octanol–water partition coefficient (Wildman–Crippen LogP) is 1.85. The Bertz CT molecular complexity index is 926. The number of primary sulfonamides is 1. The Balaban J connectivity index is 2.26. The minimum atomic E-state index is -3.76. The van der Waals surface area contributed by atoms with Crippen LogP contribution in [0.2, 0.25) is 0 Å². The van der Waals surface area contributed by atoms with Gasteiger partial charge in [-0.2, -0.15) is 0 Å². The molecule has 0 saturated heterocycles. The molecule has 0 heterocycles. The maximum absolute atomic E-state index is 12.7. The maximum Gasteiger partial charge on any atom is 0.255 e. The second-order valence-corrected chi connectivity index (χ2v) is 7.28. The number of benzene rings is 2. The van der Waals surface area contributed by atoms with E-state index in [1.165, 1.54) is 39.5 Å². The molecule has 9 heteroatoms. The lowest BCUT2D eigenvalue weighted by Gasteiger charge is -2.17. The summed E-state index contributed by atoms with van der Waals surface area (Å²) in [6.45, 7) is 1.77. The molecule has 1 unspecified atom stereocenters. The molecule has 146 valence electrons. The first kappa shape index (κ1) is 20.5. The van der Waals surface area contributed by atoms with Gasteiger partial charge in [-0.25, -0.2) is 13.6 Å². The number of rotatable bonds is 7. The number of amides is 1. The van der Waals surface area contributed by atoms with E-state index in [0.717, 1.165) is 5.56 Å². The van der Waals surface area contributed by atoms with Crippen LogP contribution in [0.1, 0.15) is 28.9 Å². The van der Waals surface area contributed by atoms with Crippen molar-refractivity contribution in [1.29, 1.82) is 0 Å². The van der Waals surface area contributed by atoms with Crippen LogP contribution in [0, 0.1) is 0 Å². The van der Waals surface area contributed by atoms with Gasteiger partial charge in [0.15, 0.2) is 11.5 Å². The first-order valence-electron chi connectivity index (χ1n) is 7.95. The number of hydrogen-bond donors (Lipinski definition) is 2. The van der Waals surface area contributed by atoms with Crippen molar-refractivity contribution in [3.63, 3.8) is 0 Å². The summed E-state index contributed by atoms with van der Waals surface area (Å²) in [6.07, 6.45) is 0. The molecule has 2 rings (SSSR count). The number of nitrogens with two attached hydrogens (primary N) is 1. The van der Waals surface area contributed by atoms with E-state index < -0.39 is 10.0 Å². The molecule has 1 amide bonds. The number of nitrogens with one attached hydrogen (secondary N) is 1. The molecule has 0 aliphatic heterocycles. The lowest BCUT2D eigenvalue weighted by atomic mass is 10.1. The van der Waals surface area contributed by atoms with Gasteiger partial charge in [0.05, 0.1) is 37.8 Å². The molecular weight excluding hydrogens is 372 g/mol. The third-order valence-electron chi connectivity index (χ3n) is 4.01. The quantitative estimate of drug-likeness (QED) is 0.740. The van der Waals surface area contributed by atoms with E-state index >= 15 is 0 Å². The predicted molar refractivity (Wildman–Crippen MR) is 99.8 cm³/mol. The monoisotopic (exact) mass is 394 g/mol.